The normalized spacial score (nSPS) is 14.5. The van der Waals surface area contributed by atoms with Gasteiger partial charge in [0, 0.05) is 0 Å². The quantitative estimate of drug-likeness (QED) is 0.444. The summed E-state index contributed by atoms with van der Waals surface area (Å²) in [7, 11) is 0. The summed E-state index contributed by atoms with van der Waals surface area (Å²) in [5, 5.41) is 36.3. The van der Waals surface area contributed by atoms with Gasteiger partial charge in [0.25, 0.3) is 0 Å². The van der Waals surface area contributed by atoms with E-state index in [1.54, 1.807) is 0 Å². The monoisotopic (exact) mass is 228 g/mol. The standard InChI is InChI=1S/C7H17O6P/c1-2-7(12)13-14(3-8,4-9,5-10)6-11/h8-11H,2-6H2,1H3. The Balaban J connectivity index is 4.93. The van der Waals surface area contributed by atoms with Crippen LogP contribution in [0.1, 0.15) is 13.3 Å². The van der Waals surface area contributed by atoms with Gasteiger partial charge in [0.2, 0.25) is 0 Å². The van der Waals surface area contributed by atoms with Gasteiger partial charge in [-0.1, -0.05) is 0 Å². The van der Waals surface area contributed by atoms with Crippen molar-refractivity contribution >= 4 is 12.8 Å². The SMILES string of the molecule is CCC(=O)OP(CO)(CO)(CO)CO. The second kappa shape index (κ2) is 5.00. The van der Waals surface area contributed by atoms with Crippen LogP contribution in [0, 0.1) is 0 Å². The molecule has 0 radical (unpaired) electrons. The maximum atomic E-state index is 11.0. The molecule has 14 heavy (non-hydrogen) atoms. The van der Waals surface area contributed by atoms with Crippen LogP contribution >= 0.6 is 6.83 Å². The molecule has 0 aliphatic heterocycles. The van der Waals surface area contributed by atoms with Crippen molar-refractivity contribution in [2.45, 2.75) is 13.3 Å². The van der Waals surface area contributed by atoms with E-state index in [4.69, 9.17) is 24.9 Å². The summed E-state index contributed by atoms with van der Waals surface area (Å²) >= 11 is 0. The Kier molecular flexibility index (Phi) is 4.91. The fraction of sp³-hybridized carbons (Fsp3) is 0.857. The predicted molar refractivity (Wildman–Crippen MR) is 51.6 cm³/mol. The van der Waals surface area contributed by atoms with Gasteiger partial charge in [0.15, 0.2) is 0 Å². The third-order valence-corrected chi connectivity index (χ3v) is 5.66. The van der Waals surface area contributed by atoms with Crippen LogP contribution in [0.2, 0.25) is 0 Å². The minimum absolute atomic E-state index is 0.0535. The summed E-state index contributed by atoms with van der Waals surface area (Å²) < 4.78 is 4.86. The van der Waals surface area contributed by atoms with Gasteiger partial charge < -0.3 is 0 Å². The van der Waals surface area contributed by atoms with E-state index in [9.17, 15) is 4.79 Å². The third kappa shape index (κ3) is 2.40. The van der Waals surface area contributed by atoms with E-state index in [0.29, 0.717) is 0 Å². The number of hydrogen-bond donors (Lipinski definition) is 4. The van der Waals surface area contributed by atoms with Crippen molar-refractivity contribution in [3.05, 3.63) is 0 Å². The van der Waals surface area contributed by atoms with Gasteiger partial charge in [-0.2, -0.15) is 0 Å². The molecule has 0 saturated heterocycles. The summed E-state index contributed by atoms with van der Waals surface area (Å²) in [6, 6.07) is 0. The zero-order valence-electron chi connectivity index (χ0n) is 8.09. The van der Waals surface area contributed by atoms with Crippen LogP contribution in [0.3, 0.4) is 0 Å². The molecule has 0 saturated carbocycles. The van der Waals surface area contributed by atoms with E-state index in [1.165, 1.54) is 6.92 Å². The van der Waals surface area contributed by atoms with Crippen LogP contribution in [-0.2, 0) is 9.32 Å². The van der Waals surface area contributed by atoms with Gasteiger partial charge in [-0.15, -0.1) is 0 Å². The molecule has 0 aromatic heterocycles. The molecule has 6 nitrogen and oxygen atoms in total. The van der Waals surface area contributed by atoms with Crippen molar-refractivity contribution < 1.29 is 29.7 Å². The number of rotatable bonds is 6. The van der Waals surface area contributed by atoms with Gasteiger partial charge in [-0.25, -0.2) is 0 Å². The van der Waals surface area contributed by atoms with Crippen LogP contribution in [0.5, 0.6) is 0 Å². The summed E-state index contributed by atoms with van der Waals surface area (Å²) in [4.78, 5) is 11.0. The number of hydrogen-bond acceptors (Lipinski definition) is 6. The van der Waals surface area contributed by atoms with Crippen molar-refractivity contribution in [3.63, 3.8) is 0 Å². The van der Waals surface area contributed by atoms with Gasteiger partial charge in [0.1, 0.15) is 0 Å². The average molecular weight is 228 g/mol. The van der Waals surface area contributed by atoms with Crippen LogP contribution in [0.15, 0.2) is 0 Å². The summed E-state index contributed by atoms with van der Waals surface area (Å²) in [6.45, 7) is -2.38. The average Bonchev–Trinajstić information content (AvgIpc) is 2.27. The molecule has 86 valence electrons. The molecule has 4 N–H and O–H groups in total. The third-order valence-electron chi connectivity index (χ3n) is 2.08. The molecular weight excluding hydrogens is 211 g/mol. The van der Waals surface area contributed by atoms with E-state index < -0.39 is 38.2 Å². The predicted octanol–water partition coefficient (Wildman–Crippen LogP) is -0.793. The van der Waals surface area contributed by atoms with Gasteiger partial charge in [0.05, 0.1) is 0 Å². The van der Waals surface area contributed by atoms with E-state index in [-0.39, 0.29) is 6.42 Å². The second-order valence-corrected chi connectivity index (χ2v) is 8.27. The molecule has 7 heteroatoms. The number of aliphatic hydroxyl groups excluding tert-OH is 4. The Bertz CT molecular complexity index is 179. The minimum atomic E-state index is -3.92. The first-order valence-electron chi connectivity index (χ1n) is 4.18. The molecule has 0 heterocycles. The van der Waals surface area contributed by atoms with Crippen molar-refractivity contribution in [1.82, 2.24) is 0 Å². The molecule has 0 spiro atoms. The van der Waals surface area contributed by atoms with Gasteiger partial charge in [-0.05, 0) is 0 Å². The van der Waals surface area contributed by atoms with Crippen molar-refractivity contribution in [2.24, 2.45) is 0 Å². The zero-order chi connectivity index (χ0) is 11.3. The zero-order valence-corrected chi connectivity index (χ0v) is 8.98. The molecule has 0 rings (SSSR count). The number of carbonyl (C=O) groups is 1. The van der Waals surface area contributed by atoms with Crippen LogP contribution < -0.4 is 0 Å². The first kappa shape index (κ1) is 13.7. The summed E-state index contributed by atoms with van der Waals surface area (Å²) in [5.74, 6) is -0.658. The van der Waals surface area contributed by atoms with Crippen molar-refractivity contribution in [3.8, 4) is 0 Å². The van der Waals surface area contributed by atoms with Crippen LogP contribution in [0.4, 0.5) is 0 Å². The molecule has 0 amide bonds. The number of aliphatic hydroxyl groups is 4. The Morgan fingerprint density at radius 2 is 1.43 bits per heavy atom. The molecule has 0 atom stereocenters. The maximum absolute atomic E-state index is 11.0. The molecule has 0 fully saturated rings. The summed E-state index contributed by atoms with van der Waals surface area (Å²) in [6.07, 6.45) is -2.83. The fourth-order valence-electron chi connectivity index (χ4n) is 0.736. The Morgan fingerprint density at radius 1 is 1.07 bits per heavy atom. The molecule has 0 aromatic rings. The Morgan fingerprint density at radius 3 is 1.64 bits per heavy atom. The fourth-order valence-corrected chi connectivity index (χ4v) is 2.21. The Hall–Kier alpha value is -0.260. The molecule has 0 unspecified atom stereocenters. The van der Waals surface area contributed by atoms with E-state index in [2.05, 4.69) is 0 Å². The van der Waals surface area contributed by atoms with Gasteiger partial charge >= 0.3 is 81.3 Å². The van der Waals surface area contributed by atoms with Crippen LogP contribution in [0.25, 0.3) is 0 Å². The van der Waals surface area contributed by atoms with E-state index in [0.717, 1.165) is 0 Å². The molecular formula is C7H17O6P. The van der Waals surface area contributed by atoms with E-state index >= 15 is 0 Å². The van der Waals surface area contributed by atoms with Crippen molar-refractivity contribution in [1.29, 1.82) is 0 Å². The van der Waals surface area contributed by atoms with Crippen molar-refractivity contribution in [2.75, 3.05) is 25.4 Å². The molecule has 0 aliphatic carbocycles. The molecule has 0 aromatic carbocycles. The summed E-state index contributed by atoms with van der Waals surface area (Å²) in [5.41, 5.74) is 0. The van der Waals surface area contributed by atoms with Gasteiger partial charge in [-0.3, -0.25) is 0 Å². The molecule has 0 bridgehead atoms. The first-order valence-corrected chi connectivity index (χ1v) is 7.08. The van der Waals surface area contributed by atoms with Crippen LogP contribution in [-0.4, -0.2) is 51.8 Å². The van der Waals surface area contributed by atoms with E-state index in [1.807, 2.05) is 0 Å². The number of carbonyl (C=O) groups excluding carboxylic acids is 1. The Labute approximate surface area is 82.1 Å². The second-order valence-electron chi connectivity index (χ2n) is 3.24. The topological polar surface area (TPSA) is 107 Å². The molecule has 0 aliphatic rings. The first-order chi connectivity index (χ1) is 6.51.